The molecule has 3 N–H and O–H groups in total. The maximum atomic E-state index is 6.00. The molecule has 0 bridgehead atoms. The number of benzene rings is 1. The average molecular weight is 226 g/mol. The van der Waals surface area contributed by atoms with Gasteiger partial charge in [0.25, 0.3) is 0 Å². The Hall–Kier alpha value is -1.94. The van der Waals surface area contributed by atoms with Crippen LogP contribution in [0.25, 0.3) is 11.4 Å². The van der Waals surface area contributed by atoms with Gasteiger partial charge in [0.2, 0.25) is 0 Å². The summed E-state index contributed by atoms with van der Waals surface area (Å²) in [6.45, 7) is 1.73. The number of rotatable bonds is 1. The van der Waals surface area contributed by atoms with Crippen molar-refractivity contribution in [2.75, 3.05) is 12.3 Å². The van der Waals surface area contributed by atoms with Crippen LogP contribution >= 0.6 is 0 Å². The number of anilines is 1. The molecule has 17 heavy (non-hydrogen) atoms. The standard InChI is InChI=1S/C13H14N4/c14-12-10-6-7-15-8-11(10)16-13(17-12)9-4-2-1-3-5-9/h1-5,15H,6-8H2,(H2,14,16,17). The quantitative estimate of drug-likeness (QED) is 0.771. The van der Waals surface area contributed by atoms with Gasteiger partial charge in [-0.15, -0.1) is 0 Å². The van der Waals surface area contributed by atoms with Gasteiger partial charge in [0.05, 0.1) is 5.69 Å². The lowest BCUT2D eigenvalue weighted by Gasteiger charge is -2.18. The number of fused-ring (bicyclic) bond motifs is 1. The van der Waals surface area contributed by atoms with Crippen molar-refractivity contribution in [2.24, 2.45) is 0 Å². The Kier molecular flexibility index (Phi) is 2.49. The fraction of sp³-hybridized carbons (Fsp3) is 0.231. The molecule has 1 aromatic heterocycles. The van der Waals surface area contributed by atoms with Crippen LogP contribution in [0.15, 0.2) is 30.3 Å². The molecule has 0 aliphatic carbocycles. The van der Waals surface area contributed by atoms with E-state index in [4.69, 9.17) is 5.73 Å². The van der Waals surface area contributed by atoms with Crippen molar-refractivity contribution < 1.29 is 0 Å². The Bertz CT molecular complexity index is 537. The Morgan fingerprint density at radius 1 is 1.12 bits per heavy atom. The summed E-state index contributed by atoms with van der Waals surface area (Å²) >= 11 is 0. The van der Waals surface area contributed by atoms with E-state index in [0.29, 0.717) is 11.6 Å². The lowest BCUT2D eigenvalue weighted by atomic mass is 10.1. The van der Waals surface area contributed by atoms with Crippen molar-refractivity contribution in [1.29, 1.82) is 0 Å². The Balaban J connectivity index is 2.11. The maximum absolute atomic E-state index is 6.00. The summed E-state index contributed by atoms with van der Waals surface area (Å²) < 4.78 is 0. The van der Waals surface area contributed by atoms with E-state index in [1.54, 1.807) is 0 Å². The molecule has 0 unspecified atom stereocenters. The van der Waals surface area contributed by atoms with Gasteiger partial charge >= 0.3 is 0 Å². The predicted molar refractivity (Wildman–Crippen MR) is 67.3 cm³/mol. The SMILES string of the molecule is Nc1nc(-c2ccccc2)nc2c1CCNC2. The van der Waals surface area contributed by atoms with Crippen LogP contribution in [0.5, 0.6) is 0 Å². The average Bonchev–Trinajstić information content (AvgIpc) is 2.40. The molecular weight excluding hydrogens is 212 g/mol. The third-order valence-electron chi connectivity index (χ3n) is 3.00. The van der Waals surface area contributed by atoms with Gasteiger partial charge in [-0.25, -0.2) is 9.97 Å². The van der Waals surface area contributed by atoms with Crippen LogP contribution in [-0.2, 0) is 13.0 Å². The van der Waals surface area contributed by atoms with Crippen LogP contribution < -0.4 is 11.1 Å². The second-order valence-corrected chi connectivity index (χ2v) is 4.15. The van der Waals surface area contributed by atoms with Crippen molar-refractivity contribution in [3.05, 3.63) is 41.6 Å². The summed E-state index contributed by atoms with van der Waals surface area (Å²) in [5.41, 5.74) is 9.14. The van der Waals surface area contributed by atoms with Crippen LogP contribution in [0.3, 0.4) is 0 Å². The Morgan fingerprint density at radius 3 is 2.76 bits per heavy atom. The molecular formula is C13H14N4. The fourth-order valence-corrected chi connectivity index (χ4v) is 2.10. The molecule has 4 nitrogen and oxygen atoms in total. The van der Waals surface area contributed by atoms with Gasteiger partial charge in [0.1, 0.15) is 5.82 Å². The van der Waals surface area contributed by atoms with Crippen molar-refractivity contribution in [3.8, 4) is 11.4 Å². The van der Waals surface area contributed by atoms with E-state index < -0.39 is 0 Å². The third-order valence-corrected chi connectivity index (χ3v) is 3.00. The van der Waals surface area contributed by atoms with E-state index in [1.165, 1.54) is 0 Å². The molecule has 2 heterocycles. The highest BCUT2D eigenvalue weighted by molar-refractivity contribution is 5.59. The Morgan fingerprint density at radius 2 is 1.94 bits per heavy atom. The summed E-state index contributed by atoms with van der Waals surface area (Å²) in [4.78, 5) is 8.99. The van der Waals surface area contributed by atoms with Gasteiger partial charge < -0.3 is 11.1 Å². The largest absolute Gasteiger partial charge is 0.383 e. The number of hydrogen-bond donors (Lipinski definition) is 2. The van der Waals surface area contributed by atoms with E-state index in [9.17, 15) is 0 Å². The van der Waals surface area contributed by atoms with Gasteiger partial charge in [-0.05, 0) is 13.0 Å². The van der Waals surface area contributed by atoms with Crippen LogP contribution in [0.4, 0.5) is 5.82 Å². The van der Waals surface area contributed by atoms with Gasteiger partial charge in [-0.1, -0.05) is 30.3 Å². The first kappa shape index (κ1) is 10.2. The molecule has 1 aliphatic heterocycles. The number of nitrogens with zero attached hydrogens (tertiary/aromatic N) is 2. The molecule has 3 rings (SSSR count). The summed E-state index contributed by atoms with van der Waals surface area (Å²) in [5.74, 6) is 1.33. The zero-order valence-corrected chi connectivity index (χ0v) is 9.48. The second kappa shape index (κ2) is 4.14. The molecule has 4 heteroatoms. The first-order valence-corrected chi connectivity index (χ1v) is 5.76. The van der Waals surface area contributed by atoms with Gasteiger partial charge in [0, 0.05) is 17.7 Å². The van der Waals surface area contributed by atoms with E-state index in [2.05, 4.69) is 15.3 Å². The lowest BCUT2D eigenvalue weighted by Crippen LogP contribution is -2.26. The zero-order chi connectivity index (χ0) is 11.7. The van der Waals surface area contributed by atoms with Gasteiger partial charge in [0.15, 0.2) is 5.82 Å². The zero-order valence-electron chi connectivity index (χ0n) is 9.48. The molecule has 86 valence electrons. The van der Waals surface area contributed by atoms with Crippen LogP contribution in [0, 0.1) is 0 Å². The highest BCUT2D eigenvalue weighted by Crippen LogP contribution is 2.22. The number of hydrogen-bond acceptors (Lipinski definition) is 4. The third kappa shape index (κ3) is 1.87. The normalized spacial score (nSPS) is 14.4. The van der Waals surface area contributed by atoms with Gasteiger partial charge in [-0.3, -0.25) is 0 Å². The smallest absolute Gasteiger partial charge is 0.161 e. The summed E-state index contributed by atoms with van der Waals surface area (Å²) in [6.07, 6.45) is 0.913. The van der Waals surface area contributed by atoms with E-state index in [-0.39, 0.29) is 0 Å². The minimum atomic E-state index is 0.621. The van der Waals surface area contributed by atoms with Crippen molar-refractivity contribution in [3.63, 3.8) is 0 Å². The molecule has 0 saturated carbocycles. The second-order valence-electron chi connectivity index (χ2n) is 4.15. The maximum Gasteiger partial charge on any atom is 0.161 e. The first-order chi connectivity index (χ1) is 8.34. The molecule has 0 radical (unpaired) electrons. The van der Waals surface area contributed by atoms with E-state index in [0.717, 1.165) is 36.3 Å². The molecule has 0 fully saturated rings. The van der Waals surface area contributed by atoms with Crippen molar-refractivity contribution in [2.45, 2.75) is 13.0 Å². The fourth-order valence-electron chi connectivity index (χ4n) is 2.10. The first-order valence-electron chi connectivity index (χ1n) is 5.76. The number of nitrogens with two attached hydrogens (primary N) is 1. The molecule has 1 aromatic carbocycles. The number of nitrogens with one attached hydrogen (secondary N) is 1. The predicted octanol–water partition coefficient (Wildman–Crippen LogP) is 1.37. The Labute approximate surface area is 99.9 Å². The molecule has 0 atom stereocenters. The highest BCUT2D eigenvalue weighted by atomic mass is 15.0. The van der Waals surface area contributed by atoms with Crippen molar-refractivity contribution in [1.82, 2.24) is 15.3 Å². The summed E-state index contributed by atoms with van der Waals surface area (Å²) in [6, 6.07) is 9.93. The minimum absolute atomic E-state index is 0.621. The topological polar surface area (TPSA) is 63.8 Å². The van der Waals surface area contributed by atoms with Crippen LogP contribution in [0.2, 0.25) is 0 Å². The van der Waals surface area contributed by atoms with Crippen LogP contribution in [-0.4, -0.2) is 16.5 Å². The minimum Gasteiger partial charge on any atom is -0.383 e. The highest BCUT2D eigenvalue weighted by Gasteiger charge is 2.16. The number of aromatic nitrogens is 2. The molecule has 0 saturated heterocycles. The monoisotopic (exact) mass is 226 g/mol. The molecule has 0 spiro atoms. The molecule has 1 aliphatic rings. The molecule has 2 aromatic rings. The van der Waals surface area contributed by atoms with Crippen LogP contribution in [0.1, 0.15) is 11.3 Å². The summed E-state index contributed by atoms with van der Waals surface area (Å²) in [5, 5.41) is 3.30. The van der Waals surface area contributed by atoms with Gasteiger partial charge in [-0.2, -0.15) is 0 Å². The molecule has 0 amide bonds. The van der Waals surface area contributed by atoms with E-state index >= 15 is 0 Å². The van der Waals surface area contributed by atoms with E-state index in [1.807, 2.05) is 30.3 Å². The lowest BCUT2D eigenvalue weighted by molar-refractivity contribution is 0.626. The van der Waals surface area contributed by atoms with Crippen molar-refractivity contribution >= 4 is 5.82 Å². The summed E-state index contributed by atoms with van der Waals surface area (Å²) in [7, 11) is 0. The number of nitrogen functional groups attached to an aromatic ring is 1.